The fourth-order valence-corrected chi connectivity index (χ4v) is 1.07. The first-order valence-corrected chi connectivity index (χ1v) is 3.81. The number of ether oxygens (including phenoxy) is 1. The van der Waals surface area contributed by atoms with Crippen molar-refractivity contribution >= 4 is 0 Å². The SMILES string of the molecule is C#Cc1cc(C)c(C)cc1OC. The minimum atomic E-state index is 0.778. The normalized spacial score (nSPS) is 9.17. The number of hydrogen-bond donors (Lipinski definition) is 0. The number of benzene rings is 1. The molecule has 0 radical (unpaired) electrons. The molecule has 0 atom stereocenters. The molecule has 12 heavy (non-hydrogen) atoms. The molecule has 0 N–H and O–H groups in total. The highest BCUT2D eigenvalue weighted by Gasteiger charge is 2.02. The minimum Gasteiger partial charge on any atom is -0.495 e. The molecule has 0 aliphatic heterocycles. The Bertz CT molecular complexity index is 332. The molecule has 0 bridgehead atoms. The molecule has 1 aromatic rings. The maximum Gasteiger partial charge on any atom is 0.134 e. The number of rotatable bonds is 1. The lowest BCUT2D eigenvalue weighted by Crippen LogP contribution is -1.91. The van der Waals surface area contributed by atoms with Gasteiger partial charge in [0.15, 0.2) is 0 Å². The summed E-state index contributed by atoms with van der Waals surface area (Å²) in [5.74, 6) is 3.37. The molecule has 1 rings (SSSR count). The minimum absolute atomic E-state index is 0.778. The Morgan fingerprint density at radius 1 is 1.25 bits per heavy atom. The predicted molar refractivity (Wildman–Crippen MR) is 50.4 cm³/mol. The van der Waals surface area contributed by atoms with Gasteiger partial charge in [0.1, 0.15) is 5.75 Å². The zero-order chi connectivity index (χ0) is 9.14. The van der Waals surface area contributed by atoms with E-state index in [-0.39, 0.29) is 0 Å². The quantitative estimate of drug-likeness (QED) is 0.573. The van der Waals surface area contributed by atoms with Crippen LogP contribution in [0.3, 0.4) is 0 Å². The molecule has 1 nitrogen and oxygen atoms in total. The highest BCUT2D eigenvalue weighted by Crippen LogP contribution is 2.21. The molecular weight excluding hydrogens is 148 g/mol. The fourth-order valence-electron chi connectivity index (χ4n) is 1.07. The lowest BCUT2D eigenvalue weighted by molar-refractivity contribution is 0.413. The first-order chi connectivity index (χ1) is 5.69. The monoisotopic (exact) mass is 160 g/mol. The molecule has 0 spiro atoms. The zero-order valence-corrected chi connectivity index (χ0v) is 7.64. The van der Waals surface area contributed by atoms with Gasteiger partial charge in [-0.05, 0) is 37.1 Å². The van der Waals surface area contributed by atoms with Crippen molar-refractivity contribution in [3.63, 3.8) is 0 Å². The summed E-state index contributed by atoms with van der Waals surface area (Å²) < 4.78 is 5.13. The van der Waals surface area contributed by atoms with Gasteiger partial charge in [-0.3, -0.25) is 0 Å². The number of methoxy groups -OCH3 is 1. The van der Waals surface area contributed by atoms with Crippen LogP contribution in [0.5, 0.6) is 5.75 Å². The van der Waals surface area contributed by atoms with Gasteiger partial charge in [0.05, 0.1) is 12.7 Å². The van der Waals surface area contributed by atoms with Crippen LogP contribution < -0.4 is 4.74 Å². The summed E-state index contributed by atoms with van der Waals surface area (Å²) in [4.78, 5) is 0. The van der Waals surface area contributed by atoms with Crippen LogP contribution in [0.1, 0.15) is 16.7 Å². The molecule has 1 heteroatoms. The third-order valence-corrected chi connectivity index (χ3v) is 1.97. The van der Waals surface area contributed by atoms with Crippen molar-refractivity contribution in [3.05, 3.63) is 28.8 Å². The summed E-state index contributed by atoms with van der Waals surface area (Å²) in [5.41, 5.74) is 3.22. The van der Waals surface area contributed by atoms with Crippen LogP contribution in [0.2, 0.25) is 0 Å². The van der Waals surface area contributed by atoms with E-state index < -0.39 is 0 Å². The summed E-state index contributed by atoms with van der Waals surface area (Å²) in [5, 5.41) is 0. The van der Waals surface area contributed by atoms with E-state index in [0.29, 0.717) is 0 Å². The standard InChI is InChI=1S/C11H12O/c1-5-10-6-8(2)9(3)7-11(10)12-4/h1,6-7H,2-4H3. The molecule has 0 heterocycles. The lowest BCUT2D eigenvalue weighted by atomic mass is 10.1. The molecule has 0 amide bonds. The molecule has 0 aliphatic carbocycles. The van der Waals surface area contributed by atoms with Crippen LogP contribution in [0.25, 0.3) is 0 Å². The average molecular weight is 160 g/mol. The van der Waals surface area contributed by atoms with Crippen molar-refractivity contribution in [2.75, 3.05) is 7.11 Å². The van der Waals surface area contributed by atoms with Crippen molar-refractivity contribution in [1.82, 2.24) is 0 Å². The number of terminal acetylenes is 1. The molecule has 0 aromatic heterocycles. The topological polar surface area (TPSA) is 9.23 Å². The van der Waals surface area contributed by atoms with Crippen molar-refractivity contribution in [2.45, 2.75) is 13.8 Å². The maximum absolute atomic E-state index is 5.32. The van der Waals surface area contributed by atoms with Gasteiger partial charge < -0.3 is 4.74 Å². The summed E-state index contributed by atoms with van der Waals surface area (Å²) in [6.07, 6.45) is 5.32. The molecule has 1 aromatic carbocycles. The Kier molecular flexibility index (Phi) is 2.40. The van der Waals surface area contributed by atoms with Gasteiger partial charge in [0.2, 0.25) is 0 Å². The van der Waals surface area contributed by atoms with Gasteiger partial charge in [-0.15, -0.1) is 6.42 Å². The first-order valence-electron chi connectivity index (χ1n) is 3.81. The van der Waals surface area contributed by atoms with E-state index in [1.54, 1.807) is 7.11 Å². The third-order valence-electron chi connectivity index (χ3n) is 1.97. The maximum atomic E-state index is 5.32. The molecule has 0 saturated heterocycles. The van der Waals surface area contributed by atoms with E-state index in [4.69, 9.17) is 11.2 Å². The Balaban J connectivity index is 3.31. The van der Waals surface area contributed by atoms with Gasteiger partial charge in [-0.2, -0.15) is 0 Å². The Labute approximate surface area is 73.4 Å². The Morgan fingerprint density at radius 2 is 1.83 bits per heavy atom. The van der Waals surface area contributed by atoms with Gasteiger partial charge >= 0.3 is 0 Å². The third kappa shape index (κ3) is 1.43. The summed E-state index contributed by atoms with van der Waals surface area (Å²) in [7, 11) is 1.63. The molecular formula is C11H12O. The Morgan fingerprint density at radius 3 is 2.33 bits per heavy atom. The highest BCUT2D eigenvalue weighted by atomic mass is 16.5. The van der Waals surface area contributed by atoms with Crippen molar-refractivity contribution in [3.8, 4) is 18.1 Å². The van der Waals surface area contributed by atoms with E-state index in [9.17, 15) is 0 Å². The smallest absolute Gasteiger partial charge is 0.134 e. The van der Waals surface area contributed by atoms with Crippen LogP contribution in [-0.2, 0) is 0 Å². The van der Waals surface area contributed by atoms with Crippen molar-refractivity contribution in [2.24, 2.45) is 0 Å². The van der Waals surface area contributed by atoms with Gasteiger partial charge in [0.25, 0.3) is 0 Å². The lowest BCUT2D eigenvalue weighted by Gasteiger charge is -2.06. The van der Waals surface area contributed by atoms with Crippen molar-refractivity contribution < 1.29 is 4.74 Å². The molecule has 0 fully saturated rings. The number of aryl methyl sites for hydroxylation is 2. The molecule has 0 saturated carbocycles. The second kappa shape index (κ2) is 3.32. The van der Waals surface area contributed by atoms with Gasteiger partial charge in [-0.1, -0.05) is 5.92 Å². The summed E-state index contributed by atoms with van der Waals surface area (Å²) in [6, 6.07) is 3.93. The zero-order valence-electron chi connectivity index (χ0n) is 7.64. The van der Waals surface area contributed by atoms with Crippen LogP contribution in [-0.4, -0.2) is 7.11 Å². The van der Waals surface area contributed by atoms with Gasteiger partial charge in [0, 0.05) is 0 Å². The van der Waals surface area contributed by atoms with E-state index in [1.807, 2.05) is 26.0 Å². The second-order valence-corrected chi connectivity index (χ2v) is 2.78. The van der Waals surface area contributed by atoms with Crippen LogP contribution >= 0.6 is 0 Å². The number of hydrogen-bond acceptors (Lipinski definition) is 1. The summed E-state index contributed by atoms with van der Waals surface area (Å²) >= 11 is 0. The van der Waals surface area contributed by atoms with E-state index in [2.05, 4.69) is 5.92 Å². The van der Waals surface area contributed by atoms with Crippen LogP contribution in [0.15, 0.2) is 12.1 Å². The Hall–Kier alpha value is -1.42. The van der Waals surface area contributed by atoms with E-state index in [0.717, 1.165) is 11.3 Å². The van der Waals surface area contributed by atoms with Crippen LogP contribution in [0.4, 0.5) is 0 Å². The fraction of sp³-hybridized carbons (Fsp3) is 0.273. The molecule has 62 valence electrons. The molecule has 0 unspecified atom stereocenters. The van der Waals surface area contributed by atoms with Crippen molar-refractivity contribution in [1.29, 1.82) is 0 Å². The average Bonchev–Trinajstić information content (AvgIpc) is 2.09. The van der Waals surface area contributed by atoms with Crippen LogP contribution in [0, 0.1) is 26.2 Å². The first kappa shape index (κ1) is 8.67. The van der Waals surface area contributed by atoms with Gasteiger partial charge in [-0.25, -0.2) is 0 Å². The summed E-state index contributed by atoms with van der Waals surface area (Å²) in [6.45, 7) is 4.08. The second-order valence-electron chi connectivity index (χ2n) is 2.78. The van der Waals surface area contributed by atoms with E-state index in [1.165, 1.54) is 11.1 Å². The van der Waals surface area contributed by atoms with E-state index >= 15 is 0 Å². The predicted octanol–water partition coefficient (Wildman–Crippen LogP) is 2.29. The highest BCUT2D eigenvalue weighted by molar-refractivity contribution is 5.49. The largest absolute Gasteiger partial charge is 0.495 e. The molecule has 0 aliphatic rings.